The van der Waals surface area contributed by atoms with E-state index in [1.807, 2.05) is 26.8 Å². The Bertz CT molecular complexity index is 1310. The fourth-order valence-corrected chi connectivity index (χ4v) is 4.78. The molecule has 1 fully saturated rings. The van der Waals surface area contributed by atoms with Gasteiger partial charge in [0.05, 0.1) is 29.2 Å². The molecule has 3 heterocycles. The Balaban J connectivity index is 1.57. The zero-order chi connectivity index (χ0) is 24.8. The Morgan fingerprint density at radius 1 is 1.11 bits per heavy atom. The van der Waals surface area contributed by atoms with E-state index in [-0.39, 0.29) is 23.8 Å². The number of hydrogen-bond acceptors (Lipinski definition) is 6. The molecule has 180 valence electrons. The number of fused-ring (bicyclic) bond motifs is 2. The Labute approximate surface area is 202 Å². The molecule has 0 radical (unpaired) electrons. The summed E-state index contributed by atoms with van der Waals surface area (Å²) in [4.78, 5) is 36.8. The number of amides is 1. The molecule has 1 unspecified atom stereocenters. The van der Waals surface area contributed by atoms with Crippen molar-refractivity contribution < 1.29 is 18.7 Å². The number of hydrogen-bond donors (Lipinski definition) is 0. The summed E-state index contributed by atoms with van der Waals surface area (Å²) in [5.74, 6) is -0.512. The SMILES string of the molecule is CC(C)(C)OC(=O)N1CCC2=Cc3c(cnn3-c3ccc(F)cc3)CC2(C(=O)c2cnccn2)C1. The second kappa shape index (κ2) is 8.41. The van der Waals surface area contributed by atoms with Crippen LogP contribution in [0.2, 0.25) is 0 Å². The molecule has 1 aliphatic heterocycles. The minimum Gasteiger partial charge on any atom is -0.444 e. The van der Waals surface area contributed by atoms with Crippen LogP contribution in [-0.2, 0) is 11.2 Å². The van der Waals surface area contributed by atoms with E-state index in [0.717, 1.165) is 22.5 Å². The first-order valence-electron chi connectivity index (χ1n) is 11.5. The Hall–Kier alpha value is -3.88. The van der Waals surface area contributed by atoms with E-state index in [1.165, 1.54) is 30.7 Å². The molecule has 5 rings (SSSR count). The van der Waals surface area contributed by atoms with Gasteiger partial charge >= 0.3 is 6.09 Å². The number of halogens is 1. The van der Waals surface area contributed by atoms with E-state index < -0.39 is 17.1 Å². The molecule has 2 aromatic heterocycles. The van der Waals surface area contributed by atoms with Gasteiger partial charge in [0.1, 0.15) is 17.1 Å². The van der Waals surface area contributed by atoms with Crippen molar-refractivity contribution in [2.45, 2.75) is 39.2 Å². The molecule has 3 aromatic rings. The maximum Gasteiger partial charge on any atom is 0.410 e. The van der Waals surface area contributed by atoms with Crippen LogP contribution in [0.4, 0.5) is 9.18 Å². The van der Waals surface area contributed by atoms with Gasteiger partial charge in [-0.2, -0.15) is 5.10 Å². The summed E-state index contributed by atoms with van der Waals surface area (Å²) in [7, 11) is 0. The summed E-state index contributed by atoms with van der Waals surface area (Å²) < 4.78 is 20.8. The Kier molecular flexibility index (Phi) is 5.50. The first-order valence-corrected chi connectivity index (χ1v) is 11.5. The molecule has 0 saturated carbocycles. The third-order valence-corrected chi connectivity index (χ3v) is 6.37. The highest BCUT2D eigenvalue weighted by Crippen LogP contribution is 2.46. The maximum absolute atomic E-state index is 13.9. The summed E-state index contributed by atoms with van der Waals surface area (Å²) in [6, 6.07) is 6.11. The van der Waals surface area contributed by atoms with Crippen LogP contribution in [-0.4, -0.2) is 55.2 Å². The lowest BCUT2D eigenvalue weighted by Crippen LogP contribution is -2.54. The lowest BCUT2D eigenvalue weighted by molar-refractivity contribution is 0.0138. The van der Waals surface area contributed by atoms with Crippen molar-refractivity contribution in [1.29, 1.82) is 0 Å². The van der Waals surface area contributed by atoms with Crippen molar-refractivity contribution >= 4 is 18.0 Å². The zero-order valence-corrected chi connectivity index (χ0v) is 19.9. The monoisotopic (exact) mass is 475 g/mol. The van der Waals surface area contributed by atoms with Crippen LogP contribution in [0.1, 0.15) is 48.9 Å². The quantitative estimate of drug-likeness (QED) is 0.526. The summed E-state index contributed by atoms with van der Waals surface area (Å²) in [6.45, 7) is 6.05. The molecule has 1 amide bonds. The molecule has 2 aliphatic rings. The third-order valence-electron chi connectivity index (χ3n) is 6.37. The van der Waals surface area contributed by atoms with Gasteiger partial charge < -0.3 is 9.64 Å². The normalized spacial score (nSPS) is 19.4. The van der Waals surface area contributed by atoms with E-state index in [4.69, 9.17) is 4.74 Å². The summed E-state index contributed by atoms with van der Waals surface area (Å²) in [5.41, 5.74) is 1.94. The number of benzene rings is 1. The predicted molar refractivity (Wildman–Crippen MR) is 126 cm³/mol. The van der Waals surface area contributed by atoms with Crippen molar-refractivity contribution in [3.63, 3.8) is 0 Å². The second-order valence-corrected chi connectivity index (χ2v) is 9.94. The highest BCUT2D eigenvalue weighted by atomic mass is 19.1. The topological polar surface area (TPSA) is 90.2 Å². The van der Waals surface area contributed by atoms with Gasteiger partial charge in [-0.05, 0) is 69.5 Å². The standard InChI is InChI=1S/C26H26FN5O3/c1-25(2,3)35-24(34)31-11-8-18-12-22-17(14-30-32(22)20-6-4-19(27)5-7-20)13-26(18,16-31)23(33)21-15-28-9-10-29-21/h4-7,9-10,12,14-15H,8,11,13,16H2,1-3H3. The lowest BCUT2D eigenvalue weighted by Gasteiger charge is -2.45. The smallest absolute Gasteiger partial charge is 0.410 e. The lowest BCUT2D eigenvalue weighted by atomic mass is 9.65. The number of rotatable bonds is 3. The maximum atomic E-state index is 13.9. The number of likely N-dealkylation sites (tertiary alicyclic amines) is 1. The van der Waals surface area contributed by atoms with Gasteiger partial charge in [-0.1, -0.05) is 5.57 Å². The average molecular weight is 476 g/mol. The van der Waals surface area contributed by atoms with Crippen LogP contribution in [0.15, 0.2) is 54.6 Å². The molecule has 1 saturated heterocycles. The molecule has 1 aromatic carbocycles. The first kappa shape index (κ1) is 22.9. The Morgan fingerprint density at radius 2 is 1.89 bits per heavy atom. The van der Waals surface area contributed by atoms with Gasteiger partial charge in [0.15, 0.2) is 5.78 Å². The van der Waals surface area contributed by atoms with Crippen LogP contribution in [0, 0.1) is 11.2 Å². The molecule has 0 spiro atoms. The molecule has 9 heteroatoms. The number of Topliss-reactive ketones (excluding diaryl/α,β-unsaturated/α-hetero) is 1. The molecule has 8 nitrogen and oxygen atoms in total. The van der Waals surface area contributed by atoms with Gasteiger partial charge in [-0.15, -0.1) is 0 Å². The molecule has 35 heavy (non-hydrogen) atoms. The molecular formula is C26H26FN5O3. The molecule has 0 N–H and O–H groups in total. The van der Waals surface area contributed by atoms with E-state index >= 15 is 0 Å². The molecular weight excluding hydrogens is 449 g/mol. The van der Waals surface area contributed by atoms with Crippen molar-refractivity contribution in [1.82, 2.24) is 24.6 Å². The first-order chi connectivity index (χ1) is 16.7. The van der Waals surface area contributed by atoms with Gasteiger partial charge in [0, 0.05) is 25.5 Å². The zero-order valence-electron chi connectivity index (χ0n) is 19.9. The number of carbonyl (C=O) groups excluding carboxylic acids is 2. The van der Waals surface area contributed by atoms with E-state index in [0.29, 0.717) is 19.4 Å². The van der Waals surface area contributed by atoms with Gasteiger partial charge in [-0.25, -0.2) is 18.9 Å². The fraction of sp³-hybridized carbons (Fsp3) is 0.346. The van der Waals surface area contributed by atoms with E-state index in [2.05, 4.69) is 15.1 Å². The number of piperidine rings is 1. The fourth-order valence-electron chi connectivity index (χ4n) is 4.78. The van der Waals surface area contributed by atoms with Gasteiger partial charge in [-0.3, -0.25) is 9.78 Å². The van der Waals surface area contributed by atoms with Crippen LogP contribution in [0.3, 0.4) is 0 Å². The van der Waals surface area contributed by atoms with Crippen LogP contribution >= 0.6 is 0 Å². The number of ketones is 1. The van der Waals surface area contributed by atoms with Crippen LogP contribution in [0.5, 0.6) is 0 Å². The molecule has 0 bridgehead atoms. The van der Waals surface area contributed by atoms with Crippen molar-refractivity contribution in [2.75, 3.05) is 13.1 Å². The number of ether oxygens (including phenoxy) is 1. The highest BCUT2D eigenvalue weighted by Gasteiger charge is 2.50. The summed E-state index contributed by atoms with van der Waals surface area (Å²) in [5, 5.41) is 4.53. The number of aromatic nitrogens is 4. The largest absolute Gasteiger partial charge is 0.444 e. The van der Waals surface area contributed by atoms with Gasteiger partial charge in [0.2, 0.25) is 0 Å². The van der Waals surface area contributed by atoms with Gasteiger partial charge in [0.25, 0.3) is 0 Å². The van der Waals surface area contributed by atoms with Crippen molar-refractivity contribution in [3.05, 3.63) is 77.4 Å². The van der Waals surface area contributed by atoms with Crippen molar-refractivity contribution in [3.8, 4) is 5.69 Å². The van der Waals surface area contributed by atoms with Crippen LogP contribution < -0.4 is 0 Å². The molecule has 1 aliphatic carbocycles. The summed E-state index contributed by atoms with van der Waals surface area (Å²) in [6.07, 6.45) is 8.57. The molecule has 1 atom stereocenters. The third kappa shape index (κ3) is 4.22. The summed E-state index contributed by atoms with van der Waals surface area (Å²) >= 11 is 0. The Morgan fingerprint density at radius 3 is 2.57 bits per heavy atom. The second-order valence-electron chi connectivity index (χ2n) is 9.94. The minimum absolute atomic E-state index is 0.171. The van der Waals surface area contributed by atoms with E-state index in [9.17, 15) is 14.0 Å². The van der Waals surface area contributed by atoms with Crippen LogP contribution in [0.25, 0.3) is 11.8 Å². The highest BCUT2D eigenvalue weighted by molar-refractivity contribution is 6.03. The van der Waals surface area contributed by atoms with E-state index in [1.54, 1.807) is 27.9 Å². The number of carbonyl (C=O) groups is 2. The van der Waals surface area contributed by atoms with Crippen molar-refractivity contribution in [2.24, 2.45) is 5.41 Å². The number of nitrogens with zero attached hydrogens (tertiary/aromatic N) is 5. The predicted octanol–water partition coefficient (Wildman–Crippen LogP) is 4.25. The average Bonchev–Trinajstić information content (AvgIpc) is 3.24. The minimum atomic E-state index is -1.01.